The van der Waals surface area contributed by atoms with Crippen molar-refractivity contribution in [1.29, 1.82) is 0 Å². The minimum absolute atomic E-state index is 0.0298. The molecule has 1 rings (SSSR count). The summed E-state index contributed by atoms with van der Waals surface area (Å²) in [6, 6.07) is 0. The first-order valence-corrected chi connectivity index (χ1v) is 29.5. The zero-order chi connectivity index (χ0) is 56.1. The van der Waals surface area contributed by atoms with Gasteiger partial charge in [0.05, 0.1) is 6.61 Å². The van der Waals surface area contributed by atoms with Crippen molar-refractivity contribution < 1.29 is 58.2 Å². The number of allylic oxidation sites excluding steroid dienone is 20. The number of rotatable bonds is 48. The Morgan fingerprint density at radius 2 is 0.779 bits per heavy atom. The minimum atomic E-state index is -1.92. The van der Waals surface area contributed by atoms with Crippen molar-refractivity contribution in [3.63, 3.8) is 0 Å². The monoisotopic (exact) mass is 1070 g/mol. The first-order valence-electron chi connectivity index (χ1n) is 29.5. The number of aliphatic carboxylic acids is 1. The molecular weight excluding hydrogens is 973 g/mol. The minimum Gasteiger partial charge on any atom is -0.479 e. The predicted octanol–water partition coefficient (Wildman–Crippen LogP) is 15.2. The number of aliphatic hydroxyl groups is 2. The molecule has 1 saturated heterocycles. The Morgan fingerprint density at radius 3 is 1.18 bits per heavy atom. The topological polar surface area (TPSA) is 175 Å². The smallest absolute Gasteiger partial charge is 0.335 e. The number of esters is 3. The summed E-state index contributed by atoms with van der Waals surface area (Å²) in [7, 11) is 0. The molecule has 434 valence electrons. The molecule has 0 spiro atoms. The maximum atomic E-state index is 13.1. The van der Waals surface area contributed by atoms with Crippen LogP contribution in [-0.4, -0.2) is 89.2 Å². The molecule has 0 radical (unpaired) electrons. The van der Waals surface area contributed by atoms with Gasteiger partial charge in [-0.1, -0.05) is 194 Å². The van der Waals surface area contributed by atoms with Crippen LogP contribution in [0.4, 0.5) is 0 Å². The van der Waals surface area contributed by atoms with Gasteiger partial charge in [-0.3, -0.25) is 14.4 Å². The highest BCUT2D eigenvalue weighted by Gasteiger charge is 2.50. The SMILES string of the molecule is CC/C=C\C/C=C\C/C=C\C/C=C\CCCCCCC(=O)OCC(COC1OC(C(=O)O)C(O)C(O)C1OC(=O)CCCCCCC/C=C\C/C=C\C/C=C\CC)OC(=O)CCCCCCC/C=C\C/C=C\C/C=C\CC. The number of carboxylic acids is 1. The van der Waals surface area contributed by atoms with Gasteiger partial charge in [0.15, 0.2) is 24.6 Å². The second kappa shape index (κ2) is 51.9. The standard InChI is InChI=1S/C65H102O12/c1-4-7-10-13-16-19-22-25-28-29-32-33-36-39-42-45-48-51-57(66)73-54-56(75-58(67)52-49-46-43-40-37-34-30-26-23-20-17-14-11-8-5-2)55-74-65-63(61(70)60(69)62(77-65)64(71)72)76-59(68)53-50-47-44-41-38-35-31-27-24-21-18-15-12-9-6-3/h7-12,16-21,25-28,30-33,56,60-63,65,69-70H,4-6,13-15,22-24,29,34-55H2,1-3H3,(H,71,72)/b10-7-,11-8-,12-9-,19-16-,20-17-,21-18-,28-25-,30-26-,31-27-,33-32-. The van der Waals surface area contributed by atoms with Crippen molar-refractivity contribution in [2.24, 2.45) is 0 Å². The van der Waals surface area contributed by atoms with Crippen LogP contribution in [0.15, 0.2) is 122 Å². The van der Waals surface area contributed by atoms with Crippen molar-refractivity contribution in [2.75, 3.05) is 13.2 Å². The molecule has 6 unspecified atom stereocenters. The average molecular weight is 1080 g/mol. The lowest BCUT2D eigenvalue weighted by atomic mass is 9.98. The van der Waals surface area contributed by atoms with E-state index in [4.69, 9.17) is 23.7 Å². The van der Waals surface area contributed by atoms with E-state index in [9.17, 15) is 34.5 Å². The zero-order valence-corrected chi connectivity index (χ0v) is 47.7. The van der Waals surface area contributed by atoms with Crippen LogP contribution in [-0.2, 0) is 42.9 Å². The van der Waals surface area contributed by atoms with Gasteiger partial charge in [-0.2, -0.15) is 0 Å². The third-order valence-electron chi connectivity index (χ3n) is 12.5. The van der Waals surface area contributed by atoms with Gasteiger partial charge in [-0.05, 0) is 122 Å². The molecule has 12 heteroatoms. The highest BCUT2D eigenvalue weighted by Crippen LogP contribution is 2.26. The summed E-state index contributed by atoms with van der Waals surface area (Å²) in [5, 5.41) is 31.5. The quantitative estimate of drug-likeness (QED) is 0.0228. The van der Waals surface area contributed by atoms with Crippen LogP contribution in [0.1, 0.15) is 213 Å². The number of aliphatic hydroxyl groups excluding tert-OH is 2. The van der Waals surface area contributed by atoms with E-state index in [-0.39, 0.29) is 25.9 Å². The molecule has 1 fully saturated rings. The van der Waals surface area contributed by atoms with E-state index < -0.39 is 67.3 Å². The molecule has 1 heterocycles. The van der Waals surface area contributed by atoms with Crippen molar-refractivity contribution in [3.8, 4) is 0 Å². The molecule has 3 N–H and O–H groups in total. The molecule has 0 aromatic rings. The predicted molar refractivity (Wildman–Crippen MR) is 312 cm³/mol. The van der Waals surface area contributed by atoms with Crippen molar-refractivity contribution in [1.82, 2.24) is 0 Å². The van der Waals surface area contributed by atoms with E-state index >= 15 is 0 Å². The molecular formula is C65H102O12. The normalized spacial score (nSPS) is 18.9. The van der Waals surface area contributed by atoms with Gasteiger partial charge < -0.3 is 39.0 Å². The van der Waals surface area contributed by atoms with E-state index in [0.717, 1.165) is 154 Å². The molecule has 0 amide bonds. The lowest BCUT2D eigenvalue weighted by molar-refractivity contribution is -0.301. The van der Waals surface area contributed by atoms with Crippen LogP contribution in [0, 0.1) is 0 Å². The second-order valence-electron chi connectivity index (χ2n) is 19.5. The Morgan fingerprint density at radius 1 is 0.429 bits per heavy atom. The Kier molecular flexibility index (Phi) is 47.2. The van der Waals surface area contributed by atoms with Crippen LogP contribution < -0.4 is 0 Å². The fourth-order valence-corrected chi connectivity index (χ4v) is 8.09. The molecule has 0 aromatic carbocycles. The highest BCUT2D eigenvalue weighted by molar-refractivity contribution is 5.74. The fraction of sp³-hybridized carbons (Fsp3) is 0.631. The zero-order valence-electron chi connectivity index (χ0n) is 47.7. The van der Waals surface area contributed by atoms with Gasteiger partial charge in [0.1, 0.15) is 18.8 Å². The Balaban J connectivity index is 2.74. The van der Waals surface area contributed by atoms with Crippen LogP contribution in [0.2, 0.25) is 0 Å². The van der Waals surface area contributed by atoms with E-state index in [1.165, 1.54) is 0 Å². The largest absolute Gasteiger partial charge is 0.479 e. The summed E-state index contributed by atoms with van der Waals surface area (Å²) in [4.78, 5) is 51.2. The van der Waals surface area contributed by atoms with E-state index in [1.807, 2.05) is 0 Å². The Bertz CT molecular complexity index is 1800. The Hall–Kier alpha value is -4.88. The molecule has 0 aromatic heterocycles. The molecule has 0 saturated carbocycles. The number of hydrogen-bond acceptors (Lipinski definition) is 11. The Labute approximate surface area is 465 Å². The number of ether oxygens (including phenoxy) is 5. The summed E-state index contributed by atoms with van der Waals surface area (Å²) >= 11 is 0. The summed E-state index contributed by atoms with van der Waals surface area (Å²) in [6.07, 6.45) is 58.8. The third kappa shape index (κ3) is 41.8. The van der Waals surface area contributed by atoms with Crippen molar-refractivity contribution in [3.05, 3.63) is 122 Å². The molecule has 0 bridgehead atoms. The number of carboxylic acid groups (broad SMARTS) is 1. The lowest BCUT2D eigenvalue weighted by Crippen LogP contribution is -2.61. The number of hydrogen-bond donors (Lipinski definition) is 3. The molecule has 12 nitrogen and oxygen atoms in total. The first kappa shape index (κ1) is 70.1. The lowest BCUT2D eigenvalue weighted by Gasteiger charge is -2.40. The molecule has 6 atom stereocenters. The summed E-state index contributed by atoms with van der Waals surface area (Å²) in [6.45, 7) is 5.60. The highest BCUT2D eigenvalue weighted by atomic mass is 16.7. The van der Waals surface area contributed by atoms with E-state index in [2.05, 4.69) is 142 Å². The van der Waals surface area contributed by atoms with Gasteiger partial charge in [-0.15, -0.1) is 0 Å². The summed E-state index contributed by atoms with van der Waals surface area (Å²) < 4.78 is 28.4. The molecule has 1 aliphatic heterocycles. The van der Waals surface area contributed by atoms with Gasteiger partial charge in [0.25, 0.3) is 0 Å². The second-order valence-corrected chi connectivity index (χ2v) is 19.5. The van der Waals surface area contributed by atoms with Gasteiger partial charge in [0, 0.05) is 19.3 Å². The van der Waals surface area contributed by atoms with Crippen molar-refractivity contribution in [2.45, 2.75) is 250 Å². The molecule has 1 aliphatic rings. The molecule has 0 aliphatic carbocycles. The fourth-order valence-electron chi connectivity index (χ4n) is 8.09. The van der Waals surface area contributed by atoms with Crippen LogP contribution in [0.25, 0.3) is 0 Å². The van der Waals surface area contributed by atoms with Crippen LogP contribution in [0.3, 0.4) is 0 Å². The maximum Gasteiger partial charge on any atom is 0.335 e. The van der Waals surface area contributed by atoms with Crippen LogP contribution >= 0.6 is 0 Å². The summed E-state index contributed by atoms with van der Waals surface area (Å²) in [5.41, 5.74) is 0. The van der Waals surface area contributed by atoms with Gasteiger partial charge in [0.2, 0.25) is 0 Å². The number of carbonyl (C=O) groups is 4. The number of unbranched alkanes of at least 4 members (excludes halogenated alkanes) is 14. The molecule has 77 heavy (non-hydrogen) atoms. The van der Waals surface area contributed by atoms with Gasteiger partial charge >= 0.3 is 23.9 Å². The first-order chi connectivity index (χ1) is 37.6. The summed E-state index contributed by atoms with van der Waals surface area (Å²) in [5.74, 6) is -3.21. The third-order valence-corrected chi connectivity index (χ3v) is 12.5. The number of carbonyl (C=O) groups excluding carboxylic acids is 3. The van der Waals surface area contributed by atoms with Gasteiger partial charge in [-0.25, -0.2) is 4.79 Å². The van der Waals surface area contributed by atoms with Crippen LogP contribution in [0.5, 0.6) is 0 Å². The van der Waals surface area contributed by atoms with E-state index in [1.54, 1.807) is 0 Å². The maximum absolute atomic E-state index is 13.1. The van der Waals surface area contributed by atoms with E-state index in [0.29, 0.717) is 19.3 Å². The average Bonchev–Trinajstić information content (AvgIpc) is 3.42. The van der Waals surface area contributed by atoms with Crippen molar-refractivity contribution >= 4 is 23.9 Å².